The summed E-state index contributed by atoms with van der Waals surface area (Å²) in [6.45, 7) is 4.10. The third kappa shape index (κ3) is 3.93. The zero-order valence-corrected chi connectivity index (χ0v) is 16.0. The number of carbonyl (C=O) groups is 1. The first kappa shape index (κ1) is 18.2. The molecule has 4 rings (SSSR count). The molecule has 1 aromatic carbocycles. The number of aryl methyl sites for hydroxylation is 1. The van der Waals surface area contributed by atoms with Crippen LogP contribution in [0.25, 0.3) is 11.1 Å². The first-order valence-electron chi connectivity index (χ1n) is 10.1. The lowest BCUT2D eigenvalue weighted by Crippen LogP contribution is -2.48. The zero-order chi connectivity index (χ0) is 18.8. The Bertz CT molecular complexity index is 784. The summed E-state index contributed by atoms with van der Waals surface area (Å²) in [5, 5.41) is 0. The van der Waals surface area contributed by atoms with Crippen molar-refractivity contribution in [2.75, 3.05) is 26.2 Å². The van der Waals surface area contributed by atoms with E-state index in [4.69, 9.17) is 0 Å². The van der Waals surface area contributed by atoms with Crippen LogP contribution in [0.4, 0.5) is 4.39 Å². The van der Waals surface area contributed by atoms with Gasteiger partial charge in [0.2, 0.25) is 0 Å². The fourth-order valence-corrected chi connectivity index (χ4v) is 4.46. The Balaban J connectivity index is 1.42. The van der Waals surface area contributed by atoms with Crippen LogP contribution in [-0.2, 0) is 7.05 Å². The number of rotatable bonds is 3. The minimum Gasteiger partial charge on any atom is -0.346 e. The highest BCUT2D eigenvalue weighted by Crippen LogP contribution is 2.25. The first-order valence-corrected chi connectivity index (χ1v) is 10.1. The molecule has 2 saturated heterocycles. The van der Waals surface area contributed by atoms with Gasteiger partial charge in [-0.3, -0.25) is 4.79 Å². The molecule has 5 heteroatoms. The molecule has 0 atom stereocenters. The monoisotopic (exact) mass is 369 g/mol. The fraction of sp³-hybridized carbons (Fsp3) is 0.500. The topological polar surface area (TPSA) is 28.5 Å². The number of hydrogen-bond acceptors (Lipinski definition) is 2. The number of amides is 1. The second kappa shape index (κ2) is 7.85. The summed E-state index contributed by atoms with van der Waals surface area (Å²) in [6, 6.07) is 8.97. The largest absolute Gasteiger partial charge is 0.346 e. The Morgan fingerprint density at radius 1 is 0.963 bits per heavy atom. The maximum atomic E-state index is 13.2. The molecule has 0 N–H and O–H groups in total. The number of benzene rings is 1. The highest BCUT2D eigenvalue weighted by molar-refractivity contribution is 5.94. The van der Waals surface area contributed by atoms with Crippen molar-refractivity contribution in [3.63, 3.8) is 0 Å². The highest BCUT2D eigenvalue weighted by atomic mass is 19.1. The molecule has 0 bridgehead atoms. The smallest absolute Gasteiger partial charge is 0.270 e. The van der Waals surface area contributed by atoms with Crippen LogP contribution in [0, 0.1) is 5.82 Å². The maximum Gasteiger partial charge on any atom is 0.270 e. The van der Waals surface area contributed by atoms with Crippen LogP contribution in [0.3, 0.4) is 0 Å². The van der Waals surface area contributed by atoms with E-state index in [1.54, 1.807) is 12.1 Å². The first-order chi connectivity index (χ1) is 13.1. The predicted molar refractivity (Wildman–Crippen MR) is 105 cm³/mol. The third-order valence-corrected chi connectivity index (χ3v) is 6.06. The van der Waals surface area contributed by atoms with Crippen LogP contribution >= 0.6 is 0 Å². The summed E-state index contributed by atoms with van der Waals surface area (Å²) in [7, 11) is 1.90. The number of piperidine rings is 2. The lowest BCUT2D eigenvalue weighted by atomic mass is 9.99. The summed E-state index contributed by atoms with van der Waals surface area (Å²) in [6.07, 6.45) is 8.07. The molecule has 4 nitrogen and oxygen atoms in total. The van der Waals surface area contributed by atoms with E-state index in [1.807, 2.05) is 28.8 Å². The van der Waals surface area contributed by atoms with Crippen LogP contribution in [0.2, 0.25) is 0 Å². The fourth-order valence-electron chi connectivity index (χ4n) is 4.46. The molecular formula is C22H28FN3O. The molecule has 2 aliphatic heterocycles. The van der Waals surface area contributed by atoms with Crippen molar-refractivity contribution >= 4 is 5.91 Å². The molecule has 1 aromatic heterocycles. The summed E-state index contributed by atoms with van der Waals surface area (Å²) >= 11 is 0. The van der Waals surface area contributed by atoms with Crippen molar-refractivity contribution in [2.45, 2.75) is 38.1 Å². The van der Waals surface area contributed by atoms with E-state index in [0.717, 1.165) is 37.1 Å². The molecule has 0 saturated carbocycles. The lowest BCUT2D eigenvalue weighted by molar-refractivity contribution is 0.0581. The average molecular weight is 369 g/mol. The van der Waals surface area contributed by atoms with Gasteiger partial charge in [0.15, 0.2) is 0 Å². The summed E-state index contributed by atoms with van der Waals surface area (Å²) in [5.74, 6) is -0.148. The third-order valence-electron chi connectivity index (χ3n) is 6.06. The Hall–Kier alpha value is -2.14. The van der Waals surface area contributed by atoms with E-state index >= 15 is 0 Å². The maximum absolute atomic E-state index is 13.2. The second-order valence-corrected chi connectivity index (χ2v) is 7.85. The van der Waals surface area contributed by atoms with Crippen LogP contribution in [-0.4, -0.2) is 52.5 Å². The predicted octanol–water partition coefficient (Wildman–Crippen LogP) is 3.92. The molecular weight excluding hydrogens is 341 g/mol. The normalized spacial score (nSPS) is 19.4. The summed E-state index contributed by atoms with van der Waals surface area (Å²) in [5.41, 5.74) is 2.57. The van der Waals surface area contributed by atoms with E-state index in [9.17, 15) is 9.18 Å². The van der Waals surface area contributed by atoms with Crippen molar-refractivity contribution < 1.29 is 9.18 Å². The van der Waals surface area contributed by atoms with Crippen molar-refractivity contribution in [1.29, 1.82) is 0 Å². The van der Waals surface area contributed by atoms with Gasteiger partial charge in [-0.2, -0.15) is 0 Å². The molecule has 0 radical (unpaired) electrons. The van der Waals surface area contributed by atoms with Crippen molar-refractivity contribution in [2.24, 2.45) is 7.05 Å². The van der Waals surface area contributed by atoms with Gasteiger partial charge in [0.1, 0.15) is 11.5 Å². The molecule has 0 spiro atoms. The van der Waals surface area contributed by atoms with Crippen molar-refractivity contribution in [3.05, 3.63) is 48.0 Å². The second-order valence-electron chi connectivity index (χ2n) is 7.85. The number of carbonyl (C=O) groups excluding carboxylic acids is 1. The molecule has 2 aliphatic rings. The van der Waals surface area contributed by atoms with Crippen LogP contribution in [0.5, 0.6) is 0 Å². The van der Waals surface area contributed by atoms with E-state index in [2.05, 4.69) is 4.90 Å². The Labute approximate surface area is 160 Å². The standard InChI is InChI=1S/C22H28FN3O/c1-24-16-18(17-5-7-19(23)8-6-17)15-21(24)22(27)26-13-9-20(10-14-26)25-11-3-2-4-12-25/h5-8,15-16,20H,2-4,9-14H2,1H3. The zero-order valence-electron chi connectivity index (χ0n) is 16.0. The number of nitrogens with zero attached hydrogens (tertiary/aromatic N) is 3. The van der Waals surface area contributed by atoms with E-state index in [1.165, 1.54) is 44.5 Å². The van der Waals surface area contributed by atoms with Gasteiger partial charge in [0.05, 0.1) is 0 Å². The van der Waals surface area contributed by atoms with Gasteiger partial charge in [-0.05, 0) is 62.5 Å². The van der Waals surface area contributed by atoms with E-state index in [-0.39, 0.29) is 11.7 Å². The van der Waals surface area contributed by atoms with Gasteiger partial charge in [-0.1, -0.05) is 18.6 Å². The lowest BCUT2D eigenvalue weighted by Gasteiger charge is -2.40. The Morgan fingerprint density at radius 3 is 2.30 bits per heavy atom. The number of aromatic nitrogens is 1. The average Bonchev–Trinajstić information content (AvgIpc) is 3.10. The number of halogens is 1. The molecule has 3 heterocycles. The summed E-state index contributed by atoms with van der Waals surface area (Å²) < 4.78 is 15.0. The molecule has 0 unspecified atom stereocenters. The summed E-state index contributed by atoms with van der Waals surface area (Å²) in [4.78, 5) is 17.6. The van der Waals surface area contributed by atoms with E-state index in [0.29, 0.717) is 11.7 Å². The van der Waals surface area contributed by atoms with E-state index < -0.39 is 0 Å². The van der Waals surface area contributed by atoms with Crippen LogP contribution in [0.1, 0.15) is 42.6 Å². The molecule has 2 aromatic rings. The van der Waals surface area contributed by atoms with Crippen LogP contribution < -0.4 is 0 Å². The van der Waals surface area contributed by atoms with Gasteiger partial charge in [-0.15, -0.1) is 0 Å². The Kier molecular flexibility index (Phi) is 5.30. The van der Waals surface area contributed by atoms with Gasteiger partial charge < -0.3 is 14.4 Å². The van der Waals surface area contributed by atoms with Gasteiger partial charge in [0, 0.05) is 37.9 Å². The van der Waals surface area contributed by atoms with Crippen LogP contribution in [0.15, 0.2) is 36.5 Å². The van der Waals surface area contributed by atoms with Gasteiger partial charge in [0.25, 0.3) is 5.91 Å². The SMILES string of the molecule is Cn1cc(-c2ccc(F)cc2)cc1C(=O)N1CCC(N2CCCCC2)CC1. The Morgan fingerprint density at radius 2 is 1.63 bits per heavy atom. The van der Waals surface area contributed by atoms with Gasteiger partial charge in [-0.25, -0.2) is 4.39 Å². The molecule has 27 heavy (non-hydrogen) atoms. The molecule has 144 valence electrons. The number of likely N-dealkylation sites (tertiary alicyclic amines) is 2. The quantitative estimate of drug-likeness (QED) is 0.820. The number of hydrogen-bond donors (Lipinski definition) is 0. The minimum absolute atomic E-state index is 0.1000. The highest BCUT2D eigenvalue weighted by Gasteiger charge is 2.29. The van der Waals surface area contributed by atoms with Gasteiger partial charge >= 0.3 is 0 Å². The molecule has 0 aliphatic carbocycles. The minimum atomic E-state index is -0.248. The molecule has 2 fully saturated rings. The van der Waals surface area contributed by atoms with Crippen molar-refractivity contribution in [1.82, 2.24) is 14.4 Å². The molecule has 1 amide bonds. The van der Waals surface area contributed by atoms with Crippen molar-refractivity contribution in [3.8, 4) is 11.1 Å².